The molecule has 3 heteroatoms. The summed E-state index contributed by atoms with van der Waals surface area (Å²) in [4.78, 5) is 7.74. The molecule has 0 unspecified atom stereocenters. The molecule has 0 radical (unpaired) electrons. The number of nitrogens with zero attached hydrogens (tertiary/aromatic N) is 1. The van der Waals surface area contributed by atoms with Gasteiger partial charge in [0.25, 0.3) is 0 Å². The van der Waals surface area contributed by atoms with Gasteiger partial charge in [-0.1, -0.05) is 6.92 Å². The van der Waals surface area contributed by atoms with Crippen molar-refractivity contribution in [3.05, 3.63) is 0 Å². The molecule has 1 spiro atoms. The lowest BCUT2D eigenvalue weighted by atomic mass is 9.86. The van der Waals surface area contributed by atoms with Crippen LogP contribution in [0.5, 0.6) is 0 Å². The van der Waals surface area contributed by atoms with Crippen LogP contribution in [0.3, 0.4) is 0 Å². The van der Waals surface area contributed by atoms with Gasteiger partial charge in [0.05, 0.1) is 6.61 Å². The molecule has 2 fully saturated rings. The first kappa shape index (κ1) is 8.48. The Morgan fingerprint density at radius 1 is 1.33 bits per heavy atom. The van der Waals surface area contributed by atoms with Gasteiger partial charge in [-0.05, 0) is 38.9 Å². The van der Waals surface area contributed by atoms with Gasteiger partial charge in [0.2, 0.25) is 0 Å². The summed E-state index contributed by atoms with van der Waals surface area (Å²) in [5.41, 5.74) is 3.53. The highest BCUT2D eigenvalue weighted by molar-refractivity contribution is 4.92. The van der Waals surface area contributed by atoms with Crippen LogP contribution in [0.4, 0.5) is 0 Å². The normalized spacial score (nSPS) is 29.8. The summed E-state index contributed by atoms with van der Waals surface area (Å²) in [5, 5.41) is 0. The van der Waals surface area contributed by atoms with Crippen LogP contribution >= 0.6 is 0 Å². The minimum Gasteiger partial charge on any atom is -0.303 e. The van der Waals surface area contributed by atoms with E-state index in [1.54, 1.807) is 0 Å². The third-order valence-corrected chi connectivity index (χ3v) is 3.23. The Balaban J connectivity index is 1.88. The molecule has 0 aromatic rings. The lowest BCUT2D eigenvalue weighted by molar-refractivity contribution is 0.0343. The number of hydrogen-bond donors (Lipinski definition) is 1. The topological polar surface area (TPSA) is 24.5 Å². The fourth-order valence-corrected chi connectivity index (χ4v) is 2.15. The van der Waals surface area contributed by atoms with Gasteiger partial charge < -0.3 is 9.74 Å². The van der Waals surface area contributed by atoms with Crippen molar-refractivity contribution < 1.29 is 4.84 Å². The first-order chi connectivity index (χ1) is 5.85. The highest BCUT2D eigenvalue weighted by atomic mass is 16.7. The average molecular weight is 170 g/mol. The van der Waals surface area contributed by atoms with Crippen molar-refractivity contribution in [2.45, 2.75) is 31.7 Å². The second kappa shape index (κ2) is 3.32. The summed E-state index contributed by atoms with van der Waals surface area (Å²) < 4.78 is 0. The van der Waals surface area contributed by atoms with Gasteiger partial charge in [0.1, 0.15) is 0 Å². The van der Waals surface area contributed by atoms with Gasteiger partial charge in [0, 0.05) is 5.54 Å². The number of hydrogen-bond acceptors (Lipinski definition) is 3. The minimum absolute atomic E-state index is 0.339. The quantitative estimate of drug-likeness (QED) is 0.629. The molecule has 0 aromatic heterocycles. The number of nitrogens with one attached hydrogen (secondary N) is 1. The fraction of sp³-hybridized carbons (Fsp3) is 1.00. The maximum absolute atomic E-state index is 5.24. The van der Waals surface area contributed by atoms with Crippen molar-refractivity contribution in [2.24, 2.45) is 0 Å². The zero-order chi connectivity index (χ0) is 8.44. The molecule has 1 N–H and O–H groups in total. The van der Waals surface area contributed by atoms with Crippen LogP contribution in [0.2, 0.25) is 0 Å². The standard InChI is InChI=1S/C9H18N2O/c1-2-11-6-3-9(4-7-11)5-8-12-10-9/h10H,2-8H2,1H3. The third-order valence-electron chi connectivity index (χ3n) is 3.23. The van der Waals surface area contributed by atoms with E-state index in [4.69, 9.17) is 4.84 Å². The lowest BCUT2D eigenvalue weighted by Gasteiger charge is -2.37. The second-order valence-electron chi connectivity index (χ2n) is 3.92. The summed E-state index contributed by atoms with van der Waals surface area (Å²) in [6, 6.07) is 0. The molecule has 0 atom stereocenters. The van der Waals surface area contributed by atoms with Gasteiger partial charge in [-0.15, -0.1) is 0 Å². The molecule has 0 aliphatic carbocycles. The molecule has 0 bridgehead atoms. The average Bonchev–Trinajstić information content (AvgIpc) is 2.55. The molecular formula is C9H18N2O. The van der Waals surface area contributed by atoms with E-state index in [0.29, 0.717) is 5.54 Å². The Morgan fingerprint density at radius 3 is 2.58 bits per heavy atom. The first-order valence-corrected chi connectivity index (χ1v) is 4.96. The van der Waals surface area contributed by atoms with Crippen molar-refractivity contribution in [2.75, 3.05) is 26.2 Å². The molecule has 3 nitrogen and oxygen atoms in total. The Kier molecular flexibility index (Phi) is 2.35. The van der Waals surface area contributed by atoms with E-state index in [1.807, 2.05) is 0 Å². The van der Waals surface area contributed by atoms with Gasteiger partial charge in [-0.25, -0.2) is 0 Å². The summed E-state index contributed by atoms with van der Waals surface area (Å²) in [7, 11) is 0. The molecule has 2 saturated heterocycles. The maximum atomic E-state index is 5.24. The largest absolute Gasteiger partial charge is 0.303 e. The van der Waals surface area contributed by atoms with E-state index in [1.165, 1.54) is 38.9 Å². The molecule has 2 aliphatic rings. The summed E-state index contributed by atoms with van der Waals surface area (Å²) in [6.07, 6.45) is 3.70. The van der Waals surface area contributed by atoms with Gasteiger partial charge in [-0.3, -0.25) is 0 Å². The predicted octanol–water partition coefficient (Wildman–Crippen LogP) is 0.766. The van der Waals surface area contributed by atoms with E-state index >= 15 is 0 Å². The van der Waals surface area contributed by atoms with Gasteiger partial charge >= 0.3 is 0 Å². The Bertz CT molecular complexity index is 145. The highest BCUT2D eigenvalue weighted by Gasteiger charge is 2.37. The molecule has 0 saturated carbocycles. The van der Waals surface area contributed by atoms with E-state index < -0.39 is 0 Å². The van der Waals surface area contributed by atoms with Gasteiger partial charge in [-0.2, -0.15) is 5.48 Å². The van der Waals surface area contributed by atoms with Crippen molar-refractivity contribution >= 4 is 0 Å². The smallest absolute Gasteiger partial charge is 0.0700 e. The highest BCUT2D eigenvalue weighted by Crippen LogP contribution is 2.28. The van der Waals surface area contributed by atoms with Crippen molar-refractivity contribution in [3.8, 4) is 0 Å². The lowest BCUT2D eigenvalue weighted by Crippen LogP contribution is -2.49. The predicted molar refractivity (Wildman–Crippen MR) is 47.8 cm³/mol. The van der Waals surface area contributed by atoms with Crippen molar-refractivity contribution in [1.82, 2.24) is 10.4 Å². The number of piperidine rings is 1. The van der Waals surface area contributed by atoms with Crippen LogP contribution < -0.4 is 5.48 Å². The van der Waals surface area contributed by atoms with E-state index in [2.05, 4.69) is 17.3 Å². The number of hydroxylamine groups is 1. The second-order valence-corrected chi connectivity index (χ2v) is 3.92. The van der Waals surface area contributed by atoms with Crippen LogP contribution in [0.1, 0.15) is 26.2 Å². The zero-order valence-corrected chi connectivity index (χ0v) is 7.81. The Morgan fingerprint density at radius 2 is 2.08 bits per heavy atom. The molecule has 12 heavy (non-hydrogen) atoms. The van der Waals surface area contributed by atoms with Crippen LogP contribution in [-0.4, -0.2) is 36.7 Å². The first-order valence-electron chi connectivity index (χ1n) is 4.96. The summed E-state index contributed by atoms with van der Waals surface area (Å²) in [5.74, 6) is 0. The molecule has 2 heterocycles. The monoisotopic (exact) mass is 170 g/mol. The van der Waals surface area contributed by atoms with Crippen LogP contribution in [0.25, 0.3) is 0 Å². The maximum Gasteiger partial charge on any atom is 0.0700 e. The molecule has 2 aliphatic heterocycles. The third kappa shape index (κ3) is 1.49. The number of rotatable bonds is 1. The molecule has 0 aromatic carbocycles. The molecule has 2 rings (SSSR count). The van der Waals surface area contributed by atoms with Crippen LogP contribution in [0.15, 0.2) is 0 Å². The van der Waals surface area contributed by atoms with Gasteiger partial charge in [0.15, 0.2) is 0 Å². The minimum atomic E-state index is 0.339. The Hall–Kier alpha value is -0.120. The summed E-state index contributed by atoms with van der Waals surface area (Å²) in [6.45, 7) is 6.78. The van der Waals surface area contributed by atoms with E-state index in [-0.39, 0.29) is 0 Å². The fourth-order valence-electron chi connectivity index (χ4n) is 2.15. The zero-order valence-electron chi connectivity index (χ0n) is 7.81. The van der Waals surface area contributed by atoms with Crippen LogP contribution in [0, 0.1) is 0 Å². The summed E-state index contributed by atoms with van der Waals surface area (Å²) >= 11 is 0. The van der Waals surface area contributed by atoms with E-state index in [0.717, 1.165) is 6.61 Å². The van der Waals surface area contributed by atoms with Crippen LogP contribution in [-0.2, 0) is 4.84 Å². The molecular weight excluding hydrogens is 152 g/mol. The number of likely N-dealkylation sites (tertiary alicyclic amines) is 1. The molecule has 70 valence electrons. The van der Waals surface area contributed by atoms with Crippen molar-refractivity contribution in [1.29, 1.82) is 0 Å². The SMILES string of the molecule is CCN1CCC2(CCON2)CC1. The molecule has 0 amide bonds. The Labute approximate surface area is 74.0 Å². The van der Waals surface area contributed by atoms with Crippen molar-refractivity contribution in [3.63, 3.8) is 0 Å². The van der Waals surface area contributed by atoms with E-state index in [9.17, 15) is 0 Å².